The normalized spacial score (nSPS) is 22.3. The van der Waals surface area contributed by atoms with Crippen LogP contribution in [0.1, 0.15) is 49.3 Å². The molecule has 0 amide bonds. The zero-order chi connectivity index (χ0) is 18.4. The van der Waals surface area contributed by atoms with Crippen LogP contribution in [0.25, 0.3) is 0 Å². The lowest BCUT2D eigenvalue weighted by Gasteiger charge is -2.42. The third-order valence-electron chi connectivity index (χ3n) is 5.66. The lowest BCUT2D eigenvalue weighted by Crippen LogP contribution is -2.45. The fourth-order valence-electron chi connectivity index (χ4n) is 4.35. The van der Waals surface area contributed by atoms with E-state index in [4.69, 9.17) is 9.47 Å². The molecule has 1 aromatic rings. The second-order valence-corrected chi connectivity index (χ2v) is 9.36. The summed E-state index contributed by atoms with van der Waals surface area (Å²) in [6, 6.07) is 8.38. The molecule has 0 saturated heterocycles. The van der Waals surface area contributed by atoms with E-state index in [0.29, 0.717) is 25.7 Å². The van der Waals surface area contributed by atoms with E-state index in [1.807, 2.05) is 6.07 Å². The number of nitrogens with zero attached hydrogens (tertiary/aromatic N) is 1. The number of hydrogen-bond donors (Lipinski definition) is 0. The SMILES string of the molecule is COCCOCCS(=O)(=O)N1CCc2ccccc2C1C1CCCCC1. The molecule has 26 heavy (non-hydrogen) atoms. The summed E-state index contributed by atoms with van der Waals surface area (Å²) in [5.74, 6) is 0.469. The predicted octanol–water partition coefficient (Wildman–Crippen LogP) is 3.16. The van der Waals surface area contributed by atoms with Crippen molar-refractivity contribution in [2.45, 2.75) is 44.6 Å². The molecule has 1 unspecified atom stereocenters. The number of fused-ring (bicyclic) bond motifs is 1. The van der Waals surface area contributed by atoms with Crippen LogP contribution in [0.2, 0.25) is 0 Å². The lowest BCUT2D eigenvalue weighted by atomic mass is 9.78. The Bertz CT molecular complexity index is 670. The third kappa shape index (κ3) is 4.66. The Morgan fingerprint density at radius 2 is 1.85 bits per heavy atom. The first-order valence-electron chi connectivity index (χ1n) is 9.77. The van der Waals surface area contributed by atoms with E-state index in [1.54, 1.807) is 11.4 Å². The van der Waals surface area contributed by atoms with Gasteiger partial charge < -0.3 is 9.47 Å². The van der Waals surface area contributed by atoms with E-state index in [-0.39, 0.29) is 18.4 Å². The van der Waals surface area contributed by atoms with Crippen molar-refractivity contribution in [3.8, 4) is 0 Å². The highest BCUT2D eigenvalue weighted by Gasteiger charge is 2.39. The van der Waals surface area contributed by atoms with Gasteiger partial charge in [-0.1, -0.05) is 43.5 Å². The van der Waals surface area contributed by atoms with Gasteiger partial charge in [0.1, 0.15) is 0 Å². The van der Waals surface area contributed by atoms with Crippen LogP contribution in [0.4, 0.5) is 0 Å². The van der Waals surface area contributed by atoms with Crippen molar-refractivity contribution in [1.29, 1.82) is 0 Å². The second kappa shape index (κ2) is 9.31. The molecule has 1 heterocycles. The number of methoxy groups -OCH3 is 1. The molecular formula is C20H31NO4S. The predicted molar refractivity (Wildman–Crippen MR) is 103 cm³/mol. The van der Waals surface area contributed by atoms with Crippen LogP contribution in [-0.2, 0) is 25.9 Å². The van der Waals surface area contributed by atoms with Gasteiger partial charge in [-0.2, -0.15) is 4.31 Å². The van der Waals surface area contributed by atoms with Crippen LogP contribution in [0.5, 0.6) is 0 Å². The summed E-state index contributed by atoms with van der Waals surface area (Å²) in [5.41, 5.74) is 2.53. The molecular weight excluding hydrogens is 350 g/mol. The van der Waals surface area contributed by atoms with Crippen molar-refractivity contribution in [3.63, 3.8) is 0 Å². The van der Waals surface area contributed by atoms with E-state index in [0.717, 1.165) is 19.3 Å². The van der Waals surface area contributed by atoms with Crippen molar-refractivity contribution in [2.75, 3.05) is 39.2 Å². The Morgan fingerprint density at radius 1 is 1.08 bits per heavy atom. The maximum Gasteiger partial charge on any atom is 0.216 e. The number of benzene rings is 1. The van der Waals surface area contributed by atoms with Crippen LogP contribution in [0.15, 0.2) is 24.3 Å². The second-order valence-electron chi connectivity index (χ2n) is 7.32. The van der Waals surface area contributed by atoms with Gasteiger partial charge in [0.2, 0.25) is 10.0 Å². The molecule has 0 radical (unpaired) electrons. The molecule has 1 aliphatic carbocycles. The van der Waals surface area contributed by atoms with Gasteiger partial charge in [0, 0.05) is 13.7 Å². The summed E-state index contributed by atoms with van der Waals surface area (Å²) >= 11 is 0. The molecule has 1 fully saturated rings. The van der Waals surface area contributed by atoms with E-state index >= 15 is 0 Å². The van der Waals surface area contributed by atoms with Crippen LogP contribution in [0, 0.1) is 5.92 Å². The van der Waals surface area contributed by atoms with Crippen molar-refractivity contribution in [2.24, 2.45) is 5.92 Å². The molecule has 1 saturated carbocycles. The molecule has 5 nitrogen and oxygen atoms in total. The van der Waals surface area contributed by atoms with E-state index in [9.17, 15) is 8.42 Å². The Labute approximate surface area is 157 Å². The first-order chi connectivity index (χ1) is 12.6. The smallest absolute Gasteiger partial charge is 0.216 e. The van der Waals surface area contributed by atoms with E-state index in [2.05, 4.69) is 18.2 Å². The third-order valence-corrected chi connectivity index (χ3v) is 7.46. The molecule has 1 aliphatic heterocycles. The van der Waals surface area contributed by atoms with Crippen molar-refractivity contribution in [3.05, 3.63) is 35.4 Å². The van der Waals surface area contributed by atoms with Gasteiger partial charge in [0.15, 0.2) is 0 Å². The number of sulfonamides is 1. The van der Waals surface area contributed by atoms with Gasteiger partial charge in [0.25, 0.3) is 0 Å². The van der Waals surface area contributed by atoms with Crippen LogP contribution in [-0.4, -0.2) is 52.0 Å². The average molecular weight is 382 g/mol. The molecule has 0 spiro atoms. The van der Waals surface area contributed by atoms with Gasteiger partial charge in [-0.15, -0.1) is 0 Å². The first kappa shape index (κ1) is 19.8. The van der Waals surface area contributed by atoms with E-state index in [1.165, 1.54) is 30.4 Å². The highest BCUT2D eigenvalue weighted by atomic mass is 32.2. The van der Waals surface area contributed by atoms with Gasteiger partial charge in [-0.05, 0) is 36.3 Å². The van der Waals surface area contributed by atoms with Gasteiger partial charge >= 0.3 is 0 Å². The van der Waals surface area contributed by atoms with Crippen LogP contribution >= 0.6 is 0 Å². The Kier molecular flexibility index (Phi) is 7.09. The largest absolute Gasteiger partial charge is 0.382 e. The number of hydrogen-bond acceptors (Lipinski definition) is 4. The summed E-state index contributed by atoms with van der Waals surface area (Å²) in [6.07, 6.45) is 6.72. The van der Waals surface area contributed by atoms with Crippen LogP contribution in [0.3, 0.4) is 0 Å². The molecule has 3 rings (SSSR count). The first-order valence-corrected chi connectivity index (χ1v) is 11.4. The molecule has 0 aromatic heterocycles. The fourth-order valence-corrected chi connectivity index (χ4v) is 5.92. The molecule has 0 N–H and O–H groups in total. The molecule has 0 bridgehead atoms. The van der Waals surface area contributed by atoms with Crippen molar-refractivity contribution in [1.82, 2.24) is 4.31 Å². The monoisotopic (exact) mass is 381 g/mol. The minimum Gasteiger partial charge on any atom is -0.382 e. The maximum absolute atomic E-state index is 13.1. The summed E-state index contributed by atoms with van der Waals surface area (Å²) < 4.78 is 38.3. The maximum atomic E-state index is 13.1. The highest BCUT2D eigenvalue weighted by molar-refractivity contribution is 7.89. The van der Waals surface area contributed by atoms with Gasteiger partial charge in [-0.25, -0.2) is 8.42 Å². The molecule has 1 atom stereocenters. The van der Waals surface area contributed by atoms with Crippen LogP contribution < -0.4 is 0 Å². The molecule has 146 valence electrons. The topological polar surface area (TPSA) is 55.8 Å². The van der Waals surface area contributed by atoms with Crippen molar-refractivity contribution < 1.29 is 17.9 Å². The molecule has 2 aliphatic rings. The summed E-state index contributed by atoms with van der Waals surface area (Å²) in [4.78, 5) is 0. The highest BCUT2D eigenvalue weighted by Crippen LogP contribution is 2.43. The minimum atomic E-state index is -3.34. The Balaban J connectivity index is 1.78. The zero-order valence-electron chi connectivity index (χ0n) is 15.7. The van der Waals surface area contributed by atoms with Crippen molar-refractivity contribution >= 4 is 10.0 Å². The summed E-state index contributed by atoms with van der Waals surface area (Å²) in [6.45, 7) is 1.72. The number of rotatable bonds is 8. The summed E-state index contributed by atoms with van der Waals surface area (Å²) in [7, 11) is -1.73. The zero-order valence-corrected chi connectivity index (χ0v) is 16.5. The number of ether oxygens (including phenoxy) is 2. The molecule has 1 aromatic carbocycles. The van der Waals surface area contributed by atoms with Gasteiger partial charge in [0.05, 0.1) is 31.6 Å². The quantitative estimate of drug-likeness (QED) is 0.649. The summed E-state index contributed by atoms with van der Waals surface area (Å²) in [5, 5.41) is 0. The Morgan fingerprint density at radius 3 is 2.62 bits per heavy atom. The molecule has 6 heteroatoms. The standard InChI is InChI=1S/C20H31NO4S/c1-24-13-14-25-15-16-26(22,23)21-12-11-17-7-5-6-10-19(17)20(21)18-8-3-2-4-9-18/h5-7,10,18,20H,2-4,8-9,11-16H2,1H3. The Hall–Kier alpha value is -0.950. The minimum absolute atomic E-state index is 0.00998. The fraction of sp³-hybridized carbons (Fsp3) is 0.700. The lowest BCUT2D eigenvalue weighted by molar-refractivity contribution is 0.0777. The average Bonchev–Trinajstić information content (AvgIpc) is 2.67. The van der Waals surface area contributed by atoms with E-state index < -0.39 is 10.0 Å². The van der Waals surface area contributed by atoms with Gasteiger partial charge in [-0.3, -0.25) is 0 Å².